The summed E-state index contributed by atoms with van der Waals surface area (Å²) in [5.74, 6) is 0.840. The highest BCUT2D eigenvalue weighted by Gasteiger charge is 2.27. The number of carbonyl (C=O) groups is 2. The third-order valence-electron chi connectivity index (χ3n) is 5.00. The molecule has 7 heteroatoms. The number of rotatable bonds is 6. The number of amides is 1. The standard InChI is InChI=1S/C20H26N2O4S/c1-4-25-20(24)18-15(16-9-8-14(3)26-16)12-27-19(18)21-17(23)11-22-10-6-5-7-13(22)2/h8-9,12-13H,4-7,10-11H2,1-3H3,(H,21,23)/p+1. The number of nitrogens with one attached hydrogen (secondary N) is 2. The van der Waals surface area contributed by atoms with Crippen LogP contribution in [-0.2, 0) is 9.53 Å². The number of hydrogen-bond donors (Lipinski definition) is 2. The lowest BCUT2D eigenvalue weighted by atomic mass is 10.0. The Labute approximate surface area is 163 Å². The van der Waals surface area contributed by atoms with Crippen LogP contribution in [0.3, 0.4) is 0 Å². The number of quaternary nitrogens is 1. The maximum absolute atomic E-state index is 12.6. The van der Waals surface area contributed by atoms with E-state index in [1.54, 1.807) is 6.92 Å². The molecule has 0 spiro atoms. The van der Waals surface area contributed by atoms with Gasteiger partial charge in [0.15, 0.2) is 6.54 Å². The second kappa shape index (κ2) is 8.71. The van der Waals surface area contributed by atoms with E-state index in [1.165, 1.54) is 22.7 Å². The topological polar surface area (TPSA) is 73.0 Å². The van der Waals surface area contributed by atoms with E-state index in [-0.39, 0.29) is 12.5 Å². The molecular formula is C20H27N2O4S+. The normalized spacial score (nSPS) is 19.7. The number of furan rings is 1. The van der Waals surface area contributed by atoms with Crippen LogP contribution in [0.15, 0.2) is 21.9 Å². The first-order valence-corrected chi connectivity index (χ1v) is 10.4. The third-order valence-corrected chi connectivity index (χ3v) is 5.89. The molecular weight excluding hydrogens is 364 g/mol. The second-order valence-corrected chi connectivity index (χ2v) is 7.89. The van der Waals surface area contributed by atoms with E-state index >= 15 is 0 Å². The van der Waals surface area contributed by atoms with Gasteiger partial charge in [-0.1, -0.05) is 0 Å². The van der Waals surface area contributed by atoms with Crippen molar-refractivity contribution in [2.24, 2.45) is 0 Å². The Morgan fingerprint density at radius 1 is 1.37 bits per heavy atom. The summed E-state index contributed by atoms with van der Waals surface area (Å²) in [5.41, 5.74) is 1.02. The third kappa shape index (κ3) is 4.59. The van der Waals surface area contributed by atoms with Crippen LogP contribution >= 0.6 is 11.3 Å². The lowest BCUT2D eigenvalue weighted by Gasteiger charge is -2.29. The van der Waals surface area contributed by atoms with Crippen LogP contribution in [0.1, 0.15) is 49.2 Å². The van der Waals surface area contributed by atoms with Crippen molar-refractivity contribution in [3.8, 4) is 11.3 Å². The Bertz CT molecular complexity index is 811. The van der Waals surface area contributed by atoms with E-state index in [0.717, 1.165) is 25.1 Å². The Balaban J connectivity index is 1.80. The van der Waals surface area contributed by atoms with Gasteiger partial charge in [-0.05, 0) is 52.2 Å². The molecule has 3 heterocycles. The molecule has 2 N–H and O–H groups in total. The summed E-state index contributed by atoms with van der Waals surface area (Å²) in [6, 6.07) is 4.16. The predicted molar refractivity (Wildman–Crippen MR) is 105 cm³/mol. The molecule has 146 valence electrons. The number of aryl methyl sites for hydroxylation is 1. The molecule has 1 amide bonds. The molecule has 1 fully saturated rings. The number of ether oxygens (including phenoxy) is 1. The van der Waals surface area contributed by atoms with Gasteiger partial charge in [0.1, 0.15) is 22.1 Å². The number of piperidine rings is 1. The minimum absolute atomic E-state index is 0.0756. The fourth-order valence-electron chi connectivity index (χ4n) is 3.51. The number of likely N-dealkylation sites (tertiary alicyclic amines) is 1. The van der Waals surface area contributed by atoms with Crippen molar-refractivity contribution >= 4 is 28.2 Å². The van der Waals surface area contributed by atoms with E-state index in [9.17, 15) is 9.59 Å². The zero-order valence-electron chi connectivity index (χ0n) is 16.1. The van der Waals surface area contributed by atoms with Crippen LogP contribution in [0, 0.1) is 6.92 Å². The molecule has 2 atom stereocenters. The summed E-state index contributed by atoms with van der Waals surface area (Å²) in [4.78, 5) is 26.4. The predicted octanol–water partition coefficient (Wildman–Crippen LogP) is 2.89. The zero-order chi connectivity index (χ0) is 19.4. The Morgan fingerprint density at radius 2 is 2.19 bits per heavy atom. The van der Waals surface area contributed by atoms with Crippen molar-refractivity contribution < 1.29 is 23.6 Å². The molecule has 3 rings (SSSR count). The lowest BCUT2D eigenvalue weighted by Crippen LogP contribution is -3.17. The molecule has 1 aliphatic heterocycles. The maximum Gasteiger partial charge on any atom is 0.341 e. The van der Waals surface area contributed by atoms with Crippen LogP contribution in [0.25, 0.3) is 11.3 Å². The summed E-state index contributed by atoms with van der Waals surface area (Å²) in [5, 5.41) is 5.28. The van der Waals surface area contributed by atoms with Crippen LogP contribution in [0.4, 0.5) is 5.00 Å². The Kier molecular flexibility index (Phi) is 6.34. The molecule has 27 heavy (non-hydrogen) atoms. The molecule has 2 unspecified atom stereocenters. The number of thiophene rings is 1. The minimum atomic E-state index is -0.447. The molecule has 0 bridgehead atoms. The first kappa shape index (κ1) is 19.6. The molecule has 2 aromatic rings. The largest absolute Gasteiger partial charge is 0.462 e. The van der Waals surface area contributed by atoms with Gasteiger partial charge < -0.3 is 19.4 Å². The van der Waals surface area contributed by atoms with Gasteiger partial charge in [-0.25, -0.2) is 4.79 Å². The number of anilines is 1. The molecule has 0 radical (unpaired) electrons. The van der Waals surface area contributed by atoms with Crippen molar-refractivity contribution in [1.82, 2.24) is 0 Å². The lowest BCUT2D eigenvalue weighted by molar-refractivity contribution is -0.920. The van der Waals surface area contributed by atoms with E-state index in [0.29, 0.717) is 34.5 Å². The van der Waals surface area contributed by atoms with Gasteiger partial charge in [0, 0.05) is 10.9 Å². The summed E-state index contributed by atoms with van der Waals surface area (Å²) in [6.45, 7) is 7.51. The number of esters is 1. The van der Waals surface area contributed by atoms with Crippen LogP contribution in [0.5, 0.6) is 0 Å². The fraction of sp³-hybridized carbons (Fsp3) is 0.500. The van der Waals surface area contributed by atoms with Gasteiger partial charge >= 0.3 is 5.97 Å². The van der Waals surface area contributed by atoms with Gasteiger partial charge in [0.25, 0.3) is 5.91 Å². The van der Waals surface area contributed by atoms with Crippen molar-refractivity contribution in [1.29, 1.82) is 0 Å². The van der Waals surface area contributed by atoms with Gasteiger partial charge in [0.2, 0.25) is 0 Å². The molecule has 6 nitrogen and oxygen atoms in total. The highest BCUT2D eigenvalue weighted by Crippen LogP contribution is 2.37. The highest BCUT2D eigenvalue weighted by molar-refractivity contribution is 7.15. The van der Waals surface area contributed by atoms with Crippen LogP contribution in [0.2, 0.25) is 0 Å². The van der Waals surface area contributed by atoms with Gasteiger partial charge in [-0.15, -0.1) is 11.3 Å². The van der Waals surface area contributed by atoms with Gasteiger partial charge in [-0.2, -0.15) is 0 Å². The maximum atomic E-state index is 12.6. The summed E-state index contributed by atoms with van der Waals surface area (Å²) >= 11 is 1.32. The van der Waals surface area contributed by atoms with Crippen LogP contribution in [-0.4, -0.2) is 37.6 Å². The zero-order valence-corrected chi connectivity index (χ0v) is 16.9. The summed E-state index contributed by atoms with van der Waals surface area (Å²) < 4.78 is 10.9. The monoisotopic (exact) mass is 391 g/mol. The second-order valence-electron chi connectivity index (χ2n) is 7.01. The molecule has 1 aliphatic rings. The van der Waals surface area contributed by atoms with Gasteiger partial charge in [0.05, 0.1) is 19.2 Å². The first-order chi connectivity index (χ1) is 13.0. The van der Waals surface area contributed by atoms with E-state index in [1.807, 2.05) is 24.4 Å². The number of carbonyl (C=O) groups excluding carboxylic acids is 2. The fourth-order valence-corrected chi connectivity index (χ4v) is 4.46. The van der Waals surface area contributed by atoms with Gasteiger partial charge in [-0.3, -0.25) is 4.79 Å². The Hall–Kier alpha value is -2.12. The molecule has 0 aromatic carbocycles. The quantitative estimate of drug-likeness (QED) is 0.743. The van der Waals surface area contributed by atoms with Crippen molar-refractivity contribution in [3.63, 3.8) is 0 Å². The summed E-state index contributed by atoms with van der Waals surface area (Å²) in [6.07, 6.45) is 3.54. The van der Waals surface area contributed by atoms with E-state index < -0.39 is 5.97 Å². The first-order valence-electron chi connectivity index (χ1n) is 9.49. The molecule has 0 saturated carbocycles. The average molecular weight is 392 g/mol. The van der Waals surface area contributed by atoms with E-state index in [2.05, 4.69) is 12.2 Å². The molecule has 1 saturated heterocycles. The summed E-state index contributed by atoms with van der Waals surface area (Å²) in [7, 11) is 0. The average Bonchev–Trinajstić information content (AvgIpc) is 3.23. The highest BCUT2D eigenvalue weighted by atomic mass is 32.1. The number of hydrogen-bond acceptors (Lipinski definition) is 5. The van der Waals surface area contributed by atoms with Crippen molar-refractivity contribution in [2.45, 2.75) is 46.1 Å². The Morgan fingerprint density at radius 3 is 2.85 bits per heavy atom. The minimum Gasteiger partial charge on any atom is -0.462 e. The van der Waals surface area contributed by atoms with Crippen LogP contribution < -0.4 is 10.2 Å². The smallest absolute Gasteiger partial charge is 0.341 e. The van der Waals surface area contributed by atoms with E-state index in [4.69, 9.17) is 9.15 Å². The molecule has 0 aliphatic carbocycles. The van der Waals surface area contributed by atoms with Crippen molar-refractivity contribution in [3.05, 3.63) is 28.8 Å². The SMILES string of the molecule is CCOC(=O)c1c(-c2ccc(C)o2)csc1NC(=O)C[NH+]1CCCCC1C. The molecule has 2 aromatic heterocycles. The van der Waals surface area contributed by atoms with Crippen molar-refractivity contribution in [2.75, 3.05) is 25.0 Å².